The van der Waals surface area contributed by atoms with Crippen molar-refractivity contribution in [3.63, 3.8) is 0 Å². The van der Waals surface area contributed by atoms with Crippen LogP contribution < -0.4 is 0 Å². The van der Waals surface area contributed by atoms with E-state index in [2.05, 4.69) is 0 Å². The molecule has 0 aromatic heterocycles. The van der Waals surface area contributed by atoms with Gasteiger partial charge in [-0.05, 0) is 20.3 Å². The number of nitro groups is 1. The zero-order valence-corrected chi connectivity index (χ0v) is 9.13. The summed E-state index contributed by atoms with van der Waals surface area (Å²) in [7, 11) is 0. The minimum Gasteiger partial charge on any atom is -0.258 e. The Morgan fingerprint density at radius 3 is 2.08 bits per heavy atom. The molecule has 0 unspecified atom stereocenters. The number of nitrogens with zero attached hydrogens (tertiary/aromatic N) is 1. The fourth-order valence-corrected chi connectivity index (χ4v) is 0.640. The summed E-state index contributed by atoms with van der Waals surface area (Å²) in [5.41, 5.74) is 0.937. The van der Waals surface area contributed by atoms with Crippen LogP contribution in [0.4, 0.5) is 0 Å². The van der Waals surface area contributed by atoms with Gasteiger partial charge in [0.25, 0.3) is 5.70 Å². The van der Waals surface area contributed by atoms with Crippen LogP contribution >= 0.6 is 0 Å². The second-order valence-corrected chi connectivity index (χ2v) is 2.45. The highest BCUT2D eigenvalue weighted by atomic mass is 16.6. The third-order valence-corrected chi connectivity index (χ3v) is 1.22. The van der Waals surface area contributed by atoms with Crippen molar-refractivity contribution in [2.24, 2.45) is 0 Å². The van der Waals surface area contributed by atoms with Gasteiger partial charge in [-0.3, -0.25) is 10.1 Å². The van der Waals surface area contributed by atoms with Crippen molar-refractivity contribution in [2.45, 2.75) is 41.0 Å². The van der Waals surface area contributed by atoms with Crippen molar-refractivity contribution >= 4 is 0 Å². The first-order valence-corrected chi connectivity index (χ1v) is 4.58. The van der Waals surface area contributed by atoms with Gasteiger partial charge < -0.3 is 0 Å². The highest BCUT2D eigenvalue weighted by molar-refractivity contribution is 5.15. The summed E-state index contributed by atoms with van der Waals surface area (Å²) < 4.78 is 0. The monoisotopic (exact) mass is 185 g/mol. The molecule has 0 atom stereocenters. The van der Waals surface area contributed by atoms with E-state index in [0.717, 1.165) is 12.0 Å². The SMILES string of the molecule is CC.CC/C=C\C(=C(C)C)[N+](=O)[O-]. The summed E-state index contributed by atoms with van der Waals surface area (Å²) in [4.78, 5) is 9.98. The lowest BCUT2D eigenvalue weighted by Gasteiger charge is -1.92. The maximum Gasteiger partial charge on any atom is 0.267 e. The fourth-order valence-electron chi connectivity index (χ4n) is 0.640. The average Bonchev–Trinajstić information content (AvgIpc) is 2.07. The molecule has 0 saturated carbocycles. The Labute approximate surface area is 80.3 Å². The maximum atomic E-state index is 10.3. The van der Waals surface area contributed by atoms with E-state index >= 15 is 0 Å². The van der Waals surface area contributed by atoms with Crippen LogP contribution in [0.25, 0.3) is 0 Å². The molecule has 0 aliphatic heterocycles. The van der Waals surface area contributed by atoms with Crippen LogP contribution in [0.1, 0.15) is 41.0 Å². The standard InChI is InChI=1S/C8H13NO2.C2H6/c1-4-5-6-8(7(2)3)9(10)11;1-2/h5-6H,4H2,1-3H3;1-2H3/b6-5-;. The van der Waals surface area contributed by atoms with E-state index in [0.29, 0.717) is 0 Å². The van der Waals surface area contributed by atoms with Crippen LogP contribution in [-0.4, -0.2) is 4.92 Å². The summed E-state index contributed by atoms with van der Waals surface area (Å²) in [6.45, 7) is 9.41. The Hall–Kier alpha value is -1.12. The zero-order chi connectivity index (χ0) is 10.9. The van der Waals surface area contributed by atoms with Crippen LogP contribution in [0.15, 0.2) is 23.4 Å². The zero-order valence-electron chi connectivity index (χ0n) is 9.13. The molecule has 0 spiro atoms. The molecule has 13 heavy (non-hydrogen) atoms. The molecule has 0 radical (unpaired) electrons. The number of allylic oxidation sites excluding steroid dienone is 3. The van der Waals surface area contributed by atoms with Crippen LogP contribution in [0.2, 0.25) is 0 Å². The van der Waals surface area contributed by atoms with E-state index in [-0.39, 0.29) is 10.6 Å². The maximum absolute atomic E-state index is 10.3. The topological polar surface area (TPSA) is 43.1 Å². The van der Waals surface area contributed by atoms with E-state index in [1.807, 2.05) is 20.8 Å². The molecule has 0 aliphatic rings. The fraction of sp³-hybridized carbons (Fsp3) is 0.600. The molecule has 0 N–H and O–H groups in total. The van der Waals surface area contributed by atoms with Crippen molar-refractivity contribution in [1.82, 2.24) is 0 Å². The van der Waals surface area contributed by atoms with Gasteiger partial charge in [0, 0.05) is 11.6 Å². The van der Waals surface area contributed by atoms with E-state index in [4.69, 9.17) is 0 Å². The molecule has 0 aromatic rings. The van der Waals surface area contributed by atoms with Crippen molar-refractivity contribution in [2.75, 3.05) is 0 Å². The summed E-state index contributed by atoms with van der Waals surface area (Å²) in [5.74, 6) is 0. The van der Waals surface area contributed by atoms with E-state index in [1.54, 1.807) is 26.0 Å². The second-order valence-electron chi connectivity index (χ2n) is 2.45. The van der Waals surface area contributed by atoms with E-state index < -0.39 is 0 Å². The van der Waals surface area contributed by atoms with Crippen molar-refractivity contribution in [3.05, 3.63) is 33.5 Å². The van der Waals surface area contributed by atoms with Crippen molar-refractivity contribution in [1.29, 1.82) is 0 Å². The quantitative estimate of drug-likeness (QED) is 0.383. The average molecular weight is 185 g/mol. The molecular weight excluding hydrogens is 166 g/mol. The molecule has 3 nitrogen and oxygen atoms in total. The molecule has 0 aromatic carbocycles. The van der Waals surface area contributed by atoms with Crippen LogP contribution in [0.3, 0.4) is 0 Å². The Morgan fingerprint density at radius 2 is 1.85 bits per heavy atom. The van der Waals surface area contributed by atoms with Gasteiger partial charge in [-0.15, -0.1) is 0 Å². The molecule has 0 heterocycles. The van der Waals surface area contributed by atoms with Gasteiger partial charge in [-0.1, -0.05) is 26.8 Å². The molecule has 0 rings (SSSR count). The van der Waals surface area contributed by atoms with Gasteiger partial charge in [-0.25, -0.2) is 0 Å². The van der Waals surface area contributed by atoms with Crippen molar-refractivity contribution < 1.29 is 4.92 Å². The number of hydrogen-bond donors (Lipinski definition) is 0. The largest absolute Gasteiger partial charge is 0.267 e. The summed E-state index contributed by atoms with van der Waals surface area (Å²) >= 11 is 0. The van der Waals surface area contributed by atoms with Crippen molar-refractivity contribution in [3.8, 4) is 0 Å². The van der Waals surface area contributed by atoms with Crippen LogP contribution in [0, 0.1) is 10.1 Å². The van der Waals surface area contributed by atoms with Gasteiger partial charge >= 0.3 is 0 Å². The third-order valence-electron chi connectivity index (χ3n) is 1.22. The molecule has 76 valence electrons. The predicted octanol–water partition coefficient (Wildman–Crippen LogP) is 3.55. The lowest BCUT2D eigenvalue weighted by atomic mass is 10.2. The number of rotatable bonds is 3. The molecule has 0 saturated heterocycles. The Morgan fingerprint density at radius 1 is 1.38 bits per heavy atom. The first kappa shape index (κ1) is 14.4. The second kappa shape index (κ2) is 8.97. The van der Waals surface area contributed by atoms with Gasteiger partial charge in [0.15, 0.2) is 0 Å². The Balaban J connectivity index is 0. The van der Waals surface area contributed by atoms with Gasteiger partial charge in [0.05, 0.1) is 4.92 Å². The first-order chi connectivity index (χ1) is 6.09. The summed E-state index contributed by atoms with van der Waals surface area (Å²) in [5, 5.41) is 10.3. The lowest BCUT2D eigenvalue weighted by molar-refractivity contribution is -0.420. The van der Waals surface area contributed by atoms with Crippen LogP contribution in [-0.2, 0) is 0 Å². The Kier molecular flexibility index (Phi) is 9.94. The van der Waals surface area contributed by atoms with Crippen LogP contribution in [0.5, 0.6) is 0 Å². The normalized spacial score (nSPS) is 9.00. The lowest BCUT2D eigenvalue weighted by Crippen LogP contribution is -1.97. The highest BCUT2D eigenvalue weighted by Gasteiger charge is 2.06. The molecular formula is C10H19NO2. The summed E-state index contributed by atoms with van der Waals surface area (Å²) in [6.07, 6.45) is 4.16. The minimum absolute atomic E-state index is 0.201. The molecule has 0 amide bonds. The minimum atomic E-state index is -0.360. The smallest absolute Gasteiger partial charge is 0.258 e. The summed E-state index contributed by atoms with van der Waals surface area (Å²) in [6, 6.07) is 0. The number of hydrogen-bond acceptors (Lipinski definition) is 2. The van der Waals surface area contributed by atoms with E-state index in [1.165, 1.54) is 0 Å². The third kappa shape index (κ3) is 7.25. The van der Waals surface area contributed by atoms with E-state index in [9.17, 15) is 10.1 Å². The molecule has 0 fully saturated rings. The van der Waals surface area contributed by atoms with Gasteiger partial charge in [0.1, 0.15) is 0 Å². The van der Waals surface area contributed by atoms with Gasteiger partial charge in [-0.2, -0.15) is 0 Å². The molecule has 0 bridgehead atoms. The molecule has 3 heteroatoms. The molecule has 0 aliphatic carbocycles. The Bertz CT molecular complexity index is 201. The highest BCUT2D eigenvalue weighted by Crippen LogP contribution is 2.05. The van der Waals surface area contributed by atoms with Gasteiger partial charge in [0.2, 0.25) is 0 Å². The predicted molar refractivity (Wildman–Crippen MR) is 56.1 cm³/mol. The first-order valence-electron chi connectivity index (χ1n) is 4.58.